The molecular weight excluding hydrogens is 230 g/mol. The van der Waals surface area contributed by atoms with E-state index >= 15 is 0 Å². The molecule has 0 radical (unpaired) electrons. The Labute approximate surface area is 99.1 Å². The molecular formula is C10H17NO4S. The van der Waals surface area contributed by atoms with E-state index in [4.69, 9.17) is 9.84 Å². The highest BCUT2D eigenvalue weighted by Gasteiger charge is 2.25. The second-order valence-electron chi connectivity index (χ2n) is 3.94. The van der Waals surface area contributed by atoms with Gasteiger partial charge in [-0.3, -0.25) is 4.79 Å². The molecule has 0 bridgehead atoms. The number of carboxylic acid groups (broad SMARTS) is 1. The summed E-state index contributed by atoms with van der Waals surface area (Å²) in [5.41, 5.74) is 0. The molecule has 1 saturated heterocycles. The Hall–Kier alpha value is -0.750. The fourth-order valence-electron chi connectivity index (χ4n) is 1.70. The van der Waals surface area contributed by atoms with Gasteiger partial charge in [0, 0.05) is 23.6 Å². The van der Waals surface area contributed by atoms with E-state index in [1.807, 2.05) is 11.8 Å². The number of thioether (sulfide) groups is 1. The van der Waals surface area contributed by atoms with Crippen LogP contribution in [0.5, 0.6) is 0 Å². The second-order valence-corrected chi connectivity index (χ2v) is 5.82. The molecule has 5 nitrogen and oxygen atoms in total. The zero-order valence-corrected chi connectivity index (χ0v) is 10.3. The average molecular weight is 247 g/mol. The van der Waals surface area contributed by atoms with Crippen LogP contribution in [0, 0.1) is 0 Å². The number of hydrogen-bond donors (Lipinski definition) is 1. The lowest BCUT2D eigenvalue weighted by atomic mass is 10.3. The topological polar surface area (TPSA) is 66.8 Å². The van der Waals surface area contributed by atoms with Gasteiger partial charge in [0.2, 0.25) is 5.91 Å². The first-order valence-corrected chi connectivity index (χ1v) is 6.16. The SMILES string of the molecule is CC1CN(C(=O)COCC(=O)O)CC(C)S1. The van der Waals surface area contributed by atoms with Gasteiger partial charge < -0.3 is 14.7 Å². The van der Waals surface area contributed by atoms with Crippen LogP contribution < -0.4 is 0 Å². The number of hydrogen-bond acceptors (Lipinski definition) is 4. The van der Waals surface area contributed by atoms with Gasteiger partial charge >= 0.3 is 5.97 Å². The van der Waals surface area contributed by atoms with Crippen molar-refractivity contribution in [3.05, 3.63) is 0 Å². The van der Waals surface area contributed by atoms with E-state index < -0.39 is 12.6 Å². The molecule has 1 N–H and O–H groups in total. The number of rotatable bonds is 4. The predicted molar refractivity (Wildman–Crippen MR) is 61.5 cm³/mol. The summed E-state index contributed by atoms with van der Waals surface area (Å²) in [6.45, 7) is 5.03. The Kier molecular flexibility index (Phi) is 5.08. The van der Waals surface area contributed by atoms with Crippen LogP contribution in [0.25, 0.3) is 0 Å². The molecule has 0 aromatic heterocycles. The first-order valence-electron chi connectivity index (χ1n) is 5.21. The summed E-state index contributed by atoms with van der Waals surface area (Å²) in [5.74, 6) is -1.18. The van der Waals surface area contributed by atoms with Crippen LogP contribution in [-0.4, -0.2) is 58.7 Å². The molecule has 0 aromatic carbocycles. The van der Waals surface area contributed by atoms with Gasteiger partial charge in [-0.15, -0.1) is 0 Å². The van der Waals surface area contributed by atoms with Crippen molar-refractivity contribution in [2.24, 2.45) is 0 Å². The smallest absolute Gasteiger partial charge is 0.329 e. The number of carbonyl (C=O) groups excluding carboxylic acids is 1. The molecule has 2 atom stereocenters. The second kappa shape index (κ2) is 6.10. The maximum Gasteiger partial charge on any atom is 0.329 e. The van der Waals surface area contributed by atoms with Gasteiger partial charge in [0.1, 0.15) is 13.2 Å². The number of carbonyl (C=O) groups is 2. The number of ether oxygens (including phenoxy) is 1. The zero-order valence-electron chi connectivity index (χ0n) is 9.51. The van der Waals surface area contributed by atoms with E-state index in [1.54, 1.807) is 4.90 Å². The van der Waals surface area contributed by atoms with Gasteiger partial charge in [-0.25, -0.2) is 4.79 Å². The molecule has 2 unspecified atom stereocenters. The van der Waals surface area contributed by atoms with Crippen molar-refractivity contribution in [2.45, 2.75) is 24.3 Å². The highest BCUT2D eigenvalue weighted by atomic mass is 32.2. The van der Waals surface area contributed by atoms with Crippen LogP contribution in [0.3, 0.4) is 0 Å². The highest BCUT2D eigenvalue weighted by Crippen LogP contribution is 2.24. The van der Waals surface area contributed by atoms with E-state index in [0.717, 1.165) is 0 Å². The Balaban J connectivity index is 2.32. The van der Waals surface area contributed by atoms with Gasteiger partial charge in [0.25, 0.3) is 0 Å². The average Bonchev–Trinajstić information content (AvgIpc) is 2.15. The van der Waals surface area contributed by atoms with Crippen molar-refractivity contribution >= 4 is 23.6 Å². The fraction of sp³-hybridized carbons (Fsp3) is 0.800. The summed E-state index contributed by atoms with van der Waals surface area (Å²) in [4.78, 5) is 23.6. The molecule has 0 aliphatic carbocycles. The van der Waals surface area contributed by atoms with Crippen molar-refractivity contribution in [1.29, 1.82) is 0 Å². The van der Waals surface area contributed by atoms with E-state index in [1.165, 1.54) is 0 Å². The molecule has 1 fully saturated rings. The number of carboxylic acids is 1. The van der Waals surface area contributed by atoms with Gasteiger partial charge in [-0.1, -0.05) is 13.8 Å². The lowest BCUT2D eigenvalue weighted by Crippen LogP contribution is -2.45. The molecule has 1 aliphatic rings. The van der Waals surface area contributed by atoms with Crippen LogP contribution in [0.15, 0.2) is 0 Å². The van der Waals surface area contributed by atoms with Crippen LogP contribution in [0.2, 0.25) is 0 Å². The monoisotopic (exact) mass is 247 g/mol. The van der Waals surface area contributed by atoms with Crippen molar-refractivity contribution in [3.8, 4) is 0 Å². The quantitative estimate of drug-likeness (QED) is 0.781. The van der Waals surface area contributed by atoms with E-state index in [0.29, 0.717) is 23.6 Å². The normalized spacial score (nSPS) is 25.5. The van der Waals surface area contributed by atoms with Gasteiger partial charge in [-0.05, 0) is 0 Å². The van der Waals surface area contributed by atoms with Crippen LogP contribution in [0.1, 0.15) is 13.8 Å². The summed E-state index contributed by atoms with van der Waals surface area (Å²) in [5, 5.41) is 9.21. The minimum absolute atomic E-state index is 0.125. The van der Waals surface area contributed by atoms with Crippen molar-refractivity contribution in [3.63, 3.8) is 0 Å². The number of amides is 1. The molecule has 1 aliphatic heterocycles. The molecule has 1 rings (SSSR count). The largest absolute Gasteiger partial charge is 0.480 e. The lowest BCUT2D eigenvalue weighted by Gasteiger charge is -2.34. The third-order valence-electron chi connectivity index (χ3n) is 2.22. The van der Waals surface area contributed by atoms with Crippen LogP contribution >= 0.6 is 11.8 Å². The molecule has 0 spiro atoms. The summed E-state index contributed by atoms with van der Waals surface area (Å²) in [7, 11) is 0. The number of aliphatic carboxylic acids is 1. The fourth-order valence-corrected chi connectivity index (χ4v) is 3.02. The zero-order chi connectivity index (χ0) is 12.1. The summed E-state index contributed by atoms with van der Waals surface area (Å²) < 4.78 is 4.78. The molecule has 6 heteroatoms. The van der Waals surface area contributed by atoms with Gasteiger partial charge in [0.05, 0.1) is 0 Å². The van der Waals surface area contributed by atoms with Crippen molar-refractivity contribution in [2.75, 3.05) is 26.3 Å². The third kappa shape index (κ3) is 4.40. The maximum atomic E-state index is 11.7. The van der Waals surface area contributed by atoms with Gasteiger partial charge in [0.15, 0.2) is 0 Å². The standard InChI is InChI=1S/C10H17NO4S/c1-7-3-11(4-8(2)16-7)9(12)5-15-6-10(13)14/h7-8H,3-6H2,1-2H3,(H,13,14). The molecule has 0 saturated carbocycles. The molecule has 92 valence electrons. The Morgan fingerprint density at radius 2 is 1.88 bits per heavy atom. The van der Waals surface area contributed by atoms with E-state index in [9.17, 15) is 9.59 Å². The van der Waals surface area contributed by atoms with E-state index in [2.05, 4.69) is 13.8 Å². The summed E-state index contributed by atoms with van der Waals surface area (Å²) in [6.07, 6.45) is 0. The van der Waals surface area contributed by atoms with Crippen LogP contribution in [-0.2, 0) is 14.3 Å². The number of nitrogens with zero attached hydrogens (tertiary/aromatic N) is 1. The summed E-state index contributed by atoms with van der Waals surface area (Å²) in [6, 6.07) is 0. The molecule has 16 heavy (non-hydrogen) atoms. The highest BCUT2D eigenvalue weighted by molar-refractivity contribution is 8.00. The summed E-state index contributed by atoms with van der Waals surface area (Å²) >= 11 is 1.86. The first-order chi connectivity index (χ1) is 7.49. The maximum absolute atomic E-state index is 11.7. The molecule has 1 heterocycles. The van der Waals surface area contributed by atoms with Crippen molar-refractivity contribution in [1.82, 2.24) is 4.90 Å². The van der Waals surface area contributed by atoms with Gasteiger partial charge in [-0.2, -0.15) is 11.8 Å². The first kappa shape index (κ1) is 13.3. The Morgan fingerprint density at radius 3 is 2.38 bits per heavy atom. The minimum atomic E-state index is -1.05. The molecule has 0 aromatic rings. The van der Waals surface area contributed by atoms with E-state index in [-0.39, 0.29) is 12.5 Å². The Morgan fingerprint density at radius 1 is 1.31 bits per heavy atom. The third-order valence-corrected chi connectivity index (χ3v) is 3.45. The lowest BCUT2D eigenvalue weighted by molar-refractivity contribution is -0.145. The van der Waals surface area contributed by atoms with Crippen LogP contribution in [0.4, 0.5) is 0 Å². The minimum Gasteiger partial charge on any atom is -0.480 e. The predicted octanol–water partition coefficient (Wildman–Crippen LogP) is 0.440. The Bertz CT molecular complexity index is 262. The van der Waals surface area contributed by atoms with Crippen molar-refractivity contribution < 1.29 is 19.4 Å². The molecule has 1 amide bonds.